The second-order valence-electron chi connectivity index (χ2n) is 4.01. The van der Waals surface area contributed by atoms with Gasteiger partial charge in [-0.1, -0.05) is 45.2 Å². The van der Waals surface area contributed by atoms with Crippen LogP contribution in [0.4, 0.5) is 5.69 Å². The van der Waals surface area contributed by atoms with Gasteiger partial charge in [-0.25, -0.2) is 13.4 Å². The average Bonchev–Trinajstić information content (AvgIpc) is 2.36. The molecule has 2 aromatic rings. The average molecular weight is 396 g/mol. The van der Waals surface area contributed by atoms with Crippen LogP contribution in [0, 0.1) is 6.92 Å². The molecule has 106 valence electrons. The van der Waals surface area contributed by atoms with Crippen molar-refractivity contribution in [2.45, 2.75) is 11.8 Å². The van der Waals surface area contributed by atoms with Crippen LogP contribution in [0.25, 0.3) is 0 Å². The van der Waals surface area contributed by atoms with Gasteiger partial charge in [-0.3, -0.25) is 4.72 Å². The monoisotopic (exact) mass is 394 g/mol. The predicted molar refractivity (Wildman–Crippen MR) is 83.9 cm³/mol. The van der Waals surface area contributed by atoms with E-state index in [0.717, 1.165) is 16.2 Å². The third kappa shape index (κ3) is 3.44. The van der Waals surface area contributed by atoms with Crippen LogP contribution in [0.3, 0.4) is 0 Å². The number of rotatable bonds is 3. The second kappa shape index (κ2) is 5.89. The molecule has 20 heavy (non-hydrogen) atoms. The molecule has 0 bridgehead atoms. The van der Waals surface area contributed by atoms with Crippen molar-refractivity contribution in [2.24, 2.45) is 0 Å². The van der Waals surface area contributed by atoms with Crippen LogP contribution in [-0.4, -0.2) is 13.4 Å². The topological polar surface area (TPSA) is 59.1 Å². The van der Waals surface area contributed by atoms with Gasteiger partial charge < -0.3 is 0 Å². The number of benzene rings is 1. The van der Waals surface area contributed by atoms with Crippen LogP contribution in [0.5, 0.6) is 0 Å². The van der Waals surface area contributed by atoms with Gasteiger partial charge in [0.2, 0.25) is 0 Å². The van der Waals surface area contributed by atoms with Crippen molar-refractivity contribution < 1.29 is 8.42 Å². The summed E-state index contributed by atoms with van der Waals surface area (Å²) in [6, 6.07) is 6.56. The van der Waals surface area contributed by atoms with Crippen molar-refractivity contribution in [2.75, 3.05) is 4.72 Å². The summed E-state index contributed by atoms with van der Waals surface area (Å²) >= 11 is 14.8. The summed E-state index contributed by atoms with van der Waals surface area (Å²) in [6.45, 7) is 1.80. The van der Waals surface area contributed by atoms with Crippen molar-refractivity contribution >= 4 is 54.8 Å². The highest BCUT2D eigenvalue weighted by atomic mass is 79.9. The molecule has 2 rings (SSSR count). The summed E-state index contributed by atoms with van der Waals surface area (Å²) in [5, 5.41) is 0.143. The summed E-state index contributed by atoms with van der Waals surface area (Å²) in [5.74, 6) is 0. The molecule has 0 atom stereocenters. The van der Waals surface area contributed by atoms with E-state index in [2.05, 4.69) is 25.6 Å². The molecule has 0 spiro atoms. The van der Waals surface area contributed by atoms with Gasteiger partial charge in [-0.15, -0.1) is 0 Å². The SMILES string of the molecule is Cc1ccc(Br)cc1NS(=O)(=O)c1cnc(Cl)c(Cl)c1. The fourth-order valence-corrected chi connectivity index (χ4v) is 3.25. The van der Waals surface area contributed by atoms with Crippen molar-refractivity contribution in [3.05, 3.63) is 50.7 Å². The third-order valence-electron chi connectivity index (χ3n) is 2.53. The Hall–Kier alpha value is -0.820. The van der Waals surface area contributed by atoms with Crippen molar-refractivity contribution in [3.63, 3.8) is 0 Å². The Morgan fingerprint density at radius 3 is 2.60 bits per heavy atom. The molecule has 8 heteroatoms. The van der Waals surface area contributed by atoms with E-state index in [9.17, 15) is 8.42 Å². The fraction of sp³-hybridized carbons (Fsp3) is 0.0833. The van der Waals surface area contributed by atoms with E-state index < -0.39 is 10.0 Å². The van der Waals surface area contributed by atoms with Crippen LogP contribution in [-0.2, 0) is 10.0 Å². The van der Waals surface area contributed by atoms with Crippen molar-refractivity contribution in [1.29, 1.82) is 0 Å². The van der Waals surface area contributed by atoms with Gasteiger partial charge >= 0.3 is 0 Å². The van der Waals surface area contributed by atoms with Gasteiger partial charge in [0.1, 0.15) is 10.0 Å². The largest absolute Gasteiger partial charge is 0.279 e. The number of hydrogen-bond donors (Lipinski definition) is 1. The van der Waals surface area contributed by atoms with Gasteiger partial charge in [-0.2, -0.15) is 0 Å². The summed E-state index contributed by atoms with van der Waals surface area (Å²) in [4.78, 5) is 3.68. The van der Waals surface area contributed by atoms with Gasteiger partial charge in [0.15, 0.2) is 0 Å². The van der Waals surface area contributed by atoms with E-state index in [0.29, 0.717) is 5.69 Å². The number of aromatic nitrogens is 1. The highest BCUT2D eigenvalue weighted by Gasteiger charge is 2.17. The normalized spacial score (nSPS) is 11.4. The first-order valence-electron chi connectivity index (χ1n) is 5.39. The smallest absolute Gasteiger partial charge is 0.263 e. The van der Waals surface area contributed by atoms with Gasteiger partial charge in [0, 0.05) is 10.7 Å². The maximum absolute atomic E-state index is 12.3. The molecule has 1 N–H and O–H groups in total. The molecular weight excluding hydrogens is 387 g/mol. The lowest BCUT2D eigenvalue weighted by Crippen LogP contribution is -2.14. The van der Waals surface area contributed by atoms with E-state index in [4.69, 9.17) is 23.2 Å². The molecule has 0 saturated carbocycles. The first-order valence-corrected chi connectivity index (χ1v) is 8.43. The van der Waals surface area contributed by atoms with Crippen LogP contribution in [0.1, 0.15) is 5.56 Å². The van der Waals surface area contributed by atoms with Crippen LogP contribution in [0.15, 0.2) is 39.8 Å². The Bertz CT molecular complexity index is 766. The standard InChI is InChI=1S/C12H9BrCl2N2O2S/c1-7-2-3-8(13)4-11(7)17-20(18,19)9-5-10(14)12(15)16-6-9/h2-6,17H,1H3. The molecule has 0 radical (unpaired) electrons. The quantitative estimate of drug-likeness (QED) is 0.789. The maximum atomic E-state index is 12.3. The van der Waals surface area contributed by atoms with Crippen molar-refractivity contribution in [1.82, 2.24) is 4.98 Å². The van der Waals surface area contributed by atoms with Gasteiger partial charge in [0.05, 0.1) is 10.7 Å². The molecule has 1 aromatic heterocycles. The zero-order valence-corrected chi connectivity index (χ0v) is 14.1. The molecule has 0 unspecified atom stereocenters. The third-order valence-corrected chi connectivity index (χ3v) is 5.04. The zero-order chi connectivity index (χ0) is 14.9. The van der Waals surface area contributed by atoms with Crippen LogP contribution >= 0.6 is 39.1 Å². The second-order valence-corrected chi connectivity index (χ2v) is 7.37. The molecule has 0 aliphatic heterocycles. The number of hydrogen-bond acceptors (Lipinski definition) is 3. The van der Waals surface area contributed by atoms with Gasteiger partial charge in [0.25, 0.3) is 10.0 Å². The lowest BCUT2D eigenvalue weighted by atomic mass is 10.2. The first-order chi connectivity index (χ1) is 9.29. The Kier molecular flexibility index (Phi) is 4.59. The lowest BCUT2D eigenvalue weighted by Gasteiger charge is -2.11. The molecule has 0 amide bonds. The Morgan fingerprint density at radius 2 is 1.95 bits per heavy atom. The predicted octanol–water partition coefficient (Wildman–Crippen LogP) is 4.26. The molecule has 1 heterocycles. The summed E-state index contributed by atoms with van der Waals surface area (Å²) in [5.41, 5.74) is 1.27. The van der Waals surface area contributed by atoms with Crippen LogP contribution < -0.4 is 4.72 Å². The number of sulfonamides is 1. The van der Waals surface area contributed by atoms with E-state index in [-0.39, 0.29) is 15.1 Å². The van der Waals surface area contributed by atoms with Crippen LogP contribution in [0.2, 0.25) is 10.2 Å². The number of aryl methyl sites for hydroxylation is 1. The van der Waals surface area contributed by atoms with E-state index in [1.54, 1.807) is 19.1 Å². The fourth-order valence-electron chi connectivity index (χ4n) is 1.46. The summed E-state index contributed by atoms with van der Waals surface area (Å²) in [6.07, 6.45) is 1.16. The zero-order valence-electron chi connectivity index (χ0n) is 10.2. The molecule has 1 aromatic carbocycles. The van der Waals surface area contributed by atoms with Crippen molar-refractivity contribution in [3.8, 4) is 0 Å². The number of pyridine rings is 1. The Balaban J connectivity index is 2.40. The number of nitrogens with one attached hydrogen (secondary N) is 1. The minimum absolute atomic E-state index is 0.0497. The van der Waals surface area contributed by atoms with E-state index in [1.165, 1.54) is 6.07 Å². The van der Waals surface area contributed by atoms with Gasteiger partial charge in [-0.05, 0) is 30.7 Å². The molecule has 0 fully saturated rings. The number of nitrogens with zero attached hydrogens (tertiary/aromatic N) is 1. The number of halogens is 3. The van der Waals surface area contributed by atoms with E-state index >= 15 is 0 Å². The molecule has 0 aliphatic rings. The Labute approximate surface area is 135 Å². The highest BCUT2D eigenvalue weighted by molar-refractivity contribution is 9.10. The first kappa shape index (κ1) is 15.6. The maximum Gasteiger partial charge on any atom is 0.263 e. The number of anilines is 1. The molecule has 0 saturated heterocycles. The van der Waals surface area contributed by atoms with E-state index in [1.807, 2.05) is 6.07 Å². The lowest BCUT2D eigenvalue weighted by molar-refractivity contribution is 0.601. The minimum Gasteiger partial charge on any atom is -0.279 e. The molecule has 0 aliphatic carbocycles. The summed E-state index contributed by atoms with van der Waals surface area (Å²) < 4.78 is 27.8. The molecule has 4 nitrogen and oxygen atoms in total. The Morgan fingerprint density at radius 1 is 1.25 bits per heavy atom. The highest BCUT2D eigenvalue weighted by Crippen LogP contribution is 2.26. The minimum atomic E-state index is -3.77. The molecular formula is C12H9BrCl2N2O2S. The summed E-state index contributed by atoms with van der Waals surface area (Å²) in [7, 11) is -3.77.